The molecule has 102 valence electrons. The minimum atomic E-state index is -3.37. The quantitative estimate of drug-likeness (QED) is 0.741. The average molecular weight is 263 g/mol. The SMILES string of the molecule is CC(C)NS(=O)(=O)NCC(C)(C)N1CCCC1. The zero-order valence-corrected chi connectivity index (χ0v) is 12.1. The second-order valence-corrected chi connectivity index (χ2v) is 7.13. The molecule has 2 N–H and O–H groups in total. The molecule has 0 unspecified atom stereocenters. The van der Waals surface area contributed by atoms with Gasteiger partial charge in [0.15, 0.2) is 0 Å². The first-order valence-corrected chi connectivity index (χ1v) is 7.73. The minimum Gasteiger partial charge on any atom is -0.297 e. The molecule has 0 radical (unpaired) electrons. The lowest BCUT2D eigenvalue weighted by molar-refractivity contribution is 0.158. The van der Waals surface area contributed by atoms with Crippen LogP contribution < -0.4 is 9.44 Å². The van der Waals surface area contributed by atoms with E-state index >= 15 is 0 Å². The lowest BCUT2D eigenvalue weighted by Crippen LogP contribution is -2.52. The van der Waals surface area contributed by atoms with Gasteiger partial charge in [-0.15, -0.1) is 0 Å². The fourth-order valence-corrected chi connectivity index (χ4v) is 3.31. The largest absolute Gasteiger partial charge is 0.297 e. The van der Waals surface area contributed by atoms with E-state index in [2.05, 4.69) is 28.2 Å². The molecule has 5 nitrogen and oxygen atoms in total. The molecule has 0 saturated carbocycles. The van der Waals surface area contributed by atoms with E-state index < -0.39 is 10.2 Å². The van der Waals surface area contributed by atoms with Gasteiger partial charge in [0, 0.05) is 18.1 Å². The first-order valence-electron chi connectivity index (χ1n) is 6.25. The zero-order valence-electron chi connectivity index (χ0n) is 11.3. The van der Waals surface area contributed by atoms with Gasteiger partial charge in [0.25, 0.3) is 10.2 Å². The first-order chi connectivity index (χ1) is 7.73. The van der Waals surface area contributed by atoms with Crippen LogP contribution >= 0.6 is 0 Å². The molecule has 6 heteroatoms. The van der Waals surface area contributed by atoms with Gasteiger partial charge in [-0.05, 0) is 53.6 Å². The molecule has 0 amide bonds. The van der Waals surface area contributed by atoms with Crippen molar-refractivity contribution in [2.24, 2.45) is 0 Å². The molecule has 0 aliphatic carbocycles. The van der Waals surface area contributed by atoms with E-state index in [-0.39, 0.29) is 11.6 Å². The van der Waals surface area contributed by atoms with Crippen molar-refractivity contribution in [3.8, 4) is 0 Å². The van der Waals surface area contributed by atoms with Crippen LogP contribution in [-0.2, 0) is 10.2 Å². The Hall–Kier alpha value is -0.170. The summed E-state index contributed by atoms with van der Waals surface area (Å²) in [7, 11) is -3.37. The second kappa shape index (κ2) is 5.65. The summed E-state index contributed by atoms with van der Waals surface area (Å²) in [6.07, 6.45) is 2.42. The van der Waals surface area contributed by atoms with Crippen LogP contribution in [0, 0.1) is 0 Å². The Morgan fingerprint density at radius 1 is 1.24 bits per heavy atom. The minimum absolute atomic E-state index is 0.0811. The molecule has 0 spiro atoms. The number of hydrogen-bond acceptors (Lipinski definition) is 3. The van der Waals surface area contributed by atoms with Gasteiger partial charge in [0.1, 0.15) is 0 Å². The van der Waals surface area contributed by atoms with Crippen molar-refractivity contribution in [2.75, 3.05) is 19.6 Å². The summed E-state index contributed by atoms with van der Waals surface area (Å²) in [4.78, 5) is 2.34. The summed E-state index contributed by atoms with van der Waals surface area (Å²) in [6, 6.07) is -0.0811. The third-order valence-corrected chi connectivity index (χ3v) is 4.35. The number of nitrogens with one attached hydrogen (secondary N) is 2. The highest BCUT2D eigenvalue weighted by atomic mass is 32.2. The summed E-state index contributed by atoms with van der Waals surface area (Å²) in [5.74, 6) is 0. The lowest BCUT2D eigenvalue weighted by atomic mass is 10.0. The summed E-state index contributed by atoms with van der Waals surface area (Å²) in [5, 5.41) is 0. The van der Waals surface area contributed by atoms with Crippen molar-refractivity contribution in [1.82, 2.24) is 14.3 Å². The van der Waals surface area contributed by atoms with Gasteiger partial charge in [-0.2, -0.15) is 13.1 Å². The highest BCUT2D eigenvalue weighted by Crippen LogP contribution is 2.20. The molecule has 1 heterocycles. The second-order valence-electron chi connectivity index (χ2n) is 5.60. The summed E-state index contributed by atoms with van der Waals surface area (Å²) >= 11 is 0. The van der Waals surface area contributed by atoms with Crippen LogP contribution in [0.5, 0.6) is 0 Å². The Kier molecular flexibility index (Phi) is 4.95. The van der Waals surface area contributed by atoms with E-state index in [1.807, 2.05) is 13.8 Å². The number of hydrogen-bond donors (Lipinski definition) is 2. The summed E-state index contributed by atoms with van der Waals surface area (Å²) < 4.78 is 28.5. The molecule has 0 aromatic rings. The molecule has 1 saturated heterocycles. The monoisotopic (exact) mass is 263 g/mol. The molecule has 17 heavy (non-hydrogen) atoms. The highest BCUT2D eigenvalue weighted by molar-refractivity contribution is 7.87. The van der Waals surface area contributed by atoms with Gasteiger partial charge in [0.05, 0.1) is 0 Å². The predicted molar refractivity (Wildman–Crippen MR) is 70.1 cm³/mol. The maximum absolute atomic E-state index is 11.7. The van der Waals surface area contributed by atoms with Crippen molar-refractivity contribution in [3.05, 3.63) is 0 Å². The van der Waals surface area contributed by atoms with Gasteiger partial charge >= 0.3 is 0 Å². The molecule has 0 aromatic carbocycles. The summed E-state index contributed by atoms with van der Waals surface area (Å²) in [6.45, 7) is 10.3. The van der Waals surface area contributed by atoms with Crippen LogP contribution in [0.3, 0.4) is 0 Å². The van der Waals surface area contributed by atoms with Crippen LogP contribution in [-0.4, -0.2) is 44.5 Å². The molecule has 0 aromatic heterocycles. The zero-order chi connectivity index (χ0) is 13.1. The first kappa shape index (κ1) is 14.9. The standard InChI is InChI=1S/C11H25N3O2S/c1-10(2)13-17(15,16)12-9-11(3,4)14-7-5-6-8-14/h10,12-13H,5-9H2,1-4H3. The summed E-state index contributed by atoms with van der Waals surface area (Å²) in [5.41, 5.74) is -0.123. The van der Waals surface area contributed by atoms with E-state index in [4.69, 9.17) is 0 Å². The Morgan fingerprint density at radius 3 is 2.24 bits per heavy atom. The molecular formula is C11H25N3O2S. The van der Waals surface area contributed by atoms with Crippen LogP contribution in [0.1, 0.15) is 40.5 Å². The molecule has 1 rings (SSSR count). The fourth-order valence-electron chi connectivity index (χ4n) is 2.06. The molecule has 1 aliphatic heterocycles. The van der Waals surface area contributed by atoms with Crippen LogP contribution in [0.25, 0.3) is 0 Å². The van der Waals surface area contributed by atoms with E-state index in [0.29, 0.717) is 6.54 Å². The molecule has 1 fully saturated rings. The van der Waals surface area contributed by atoms with Crippen LogP contribution in [0.2, 0.25) is 0 Å². The van der Waals surface area contributed by atoms with Crippen molar-refractivity contribution in [3.63, 3.8) is 0 Å². The van der Waals surface area contributed by atoms with Gasteiger partial charge in [0.2, 0.25) is 0 Å². The van der Waals surface area contributed by atoms with Crippen molar-refractivity contribution >= 4 is 10.2 Å². The Morgan fingerprint density at radius 2 is 1.76 bits per heavy atom. The smallest absolute Gasteiger partial charge is 0.277 e. The third kappa shape index (κ3) is 4.91. The highest BCUT2D eigenvalue weighted by Gasteiger charge is 2.30. The van der Waals surface area contributed by atoms with Gasteiger partial charge in [-0.3, -0.25) is 4.90 Å². The number of rotatable bonds is 6. The average Bonchev–Trinajstić information content (AvgIpc) is 2.66. The van der Waals surface area contributed by atoms with Crippen molar-refractivity contribution < 1.29 is 8.42 Å². The van der Waals surface area contributed by atoms with E-state index in [1.165, 1.54) is 12.8 Å². The Bertz CT molecular complexity index is 333. The normalized spacial score (nSPS) is 19.1. The lowest BCUT2D eigenvalue weighted by Gasteiger charge is -2.35. The van der Waals surface area contributed by atoms with Gasteiger partial charge in [-0.1, -0.05) is 0 Å². The van der Waals surface area contributed by atoms with Gasteiger partial charge < -0.3 is 0 Å². The van der Waals surface area contributed by atoms with Gasteiger partial charge in [-0.25, -0.2) is 4.72 Å². The van der Waals surface area contributed by atoms with E-state index in [1.54, 1.807) is 0 Å². The predicted octanol–water partition coefficient (Wildman–Crippen LogP) is 0.693. The molecule has 0 atom stereocenters. The van der Waals surface area contributed by atoms with E-state index in [0.717, 1.165) is 13.1 Å². The number of likely N-dealkylation sites (tertiary alicyclic amines) is 1. The van der Waals surface area contributed by atoms with Crippen molar-refractivity contribution in [1.29, 1.82) is 0 Å². The Labute approximate surface area is 105 Å². The fraction of sp³-hybridized carbons (Fsp3) is 1.00. The number of nitrogens with zero attached hydrogens (tertiary/aromatic N) is 1. The maximum atomic E-state index is 11.7. The molecule has 0 bridgehead atoms. The van der Waals surface area contributed by atoms with E-state index in [9.17, 15) is 8.42 Å². The Balaban J connectivity index is 2.48. The van der Waals surface area contributed by atoms with Crippen LogP contribution in [0.4, 0.5) is 0 Å². The third-order valence-electron chi connectivity index (χ3n) is 3.05. The maximum Gasteiger partial charge on any atom is 0.277 e. The topological polar surface area (TPSA) is 61.4 Å². The van der Waals surface area contributed by atoms with Crippen molar-refractivity contribution in [2.45, 2.75) is 52.1 Å². The van der Waals surface area contributed by atoms with Crippen LogP contribution in [0.15, 0.2) is 0 Å². The molecule has 1 aliphatic rings. The molecular weight excluding hydrogens is 238 g/mol.